The van der Waals surface area contributed by atoms with E-state index in [1.165, 1.54) is 6.92 Å². The number of carbonyl (C=O) groups is 2. The predicted molar refractivity (Wildman–Crippen MR) is 93.9 cm³/mol. The van der Waals surface area contributed by atoms with Crippen molar-refractivity contribution in [3.63, 3.8) is 0 Å². The van der Waals surface area contributed by atoms with Crippen molar-refractivity contribution in [2.24, 2.45) is 0 Å². The van der Waals surface area contributed by atoms with Crippen LogP contribution in [0.3, 0.4) is 0 Å². The summed E-state index contributed by atoms with van der Waals surface area (Å²) in [5.74, 6) is -0.792. The molecule has 0 bridgehead atoms. The average Bonchev–Trinajstić information content (AvgIpc) is 2.52. The van der Waals surface area contributed by atoms with Gasteiger partial charge in [0.15, 0.2) is 0 Å². The summed E-state index contributed by atoms with van der Waals surface area (Å²) in [6.45, 7) is 3.24. The fourth-order valence-corrected chi connectivity index (χ4v) is 2.66. The molecule has 2 amide bonds. The molecule has 0 fully saturated rings. The maximum absolute atomic E-state index is 12.7. The number of benzene rings is 2. The van der Waals surface area contributed by atoms with E-state index < -0.39 is 17.4 Å². The summed E-state index contributed by atoms with van der Waals surface area (Å²) in [5, 5.41) is 6.29. The first-order chi connectivity index (χ1) is 11.3. The zero-order valence-corrected chi connectivity index (χ0v) is 14.5. The lowest BCUT2D eigenvalue weighted by Crippen LogP contribution is -2.56. The Balaban J connectivity index is 1.90. The Bertz CT molecular complexity index is 854. The van der Waals surface area contributed by atoms with Gasteiger partial charge in [0, 0.05) is 15.7 Å². The molecule has 1 aliphatic rings. The zero-order chi connectivity index (χ0) is 17.5. The Morgan fingerprint density at radius 2 is 1.83 bits per heavy atom. The lowest BCUT2D eigenvalue weighted by molar-refractivity contribution is -0.143. The van der Waals surface area contributed by atoms with Crippen molar-refractivity contribution in [3.8, 4) is 5.75 Å². The Morgan fingerprint density at radius 1 is 1.17 bits per heavy atom. The van der Waals surface area contributed by atoms with Crippen molar-refractivity contribution < 1.29 is 14.3 Å². The minimum Gasteiger partial charge on any atom is -0.466 e. The highest BCUT2D eigenvalue weighted by Gasteiger charge is 2.47. The highest BCUT2D eigenvalue weighted by molar-refractivity contribution is 6.31. The highest BCUT2D eigenvalue weighted by atomic mass is 35.5. The second-order valence-corrected chi connectivity index (χ2v) is 6.52. The summed E-state index contributed by atoms with van der Waals surface area (Å²) >= 11 is 11.9. The van der Waals surface area contributed by atoms with E-state index in [2.05, 4.69) is 10.6 Å². The number of nitrogens with one attached hydrogen (secondary N) is 2. The van der Waals surface area contributed by atoms with E-state index in [-0.39, 0.29) is 0 Å². The quantitative estimate of drug-likeness (QED) is 0.790. The molecular weight excluding hydrogens is 351 g/mol. The maximum atomic E-state index is 12.7. The van der Waals surface area contributed by atoms with Gasteiger partial charge < -0.3 is 15.4 Å². The van der Waals surface area contributed by atoms with Crippen LogP contribution in [0.5, 0.6) is 5.75 Å². The Hall–Kier alpha value is -2.24. The van der Waals surface area contributed by atoms with E-state index in [0.717, 1.165) is 5.56 Å². The summed E-state index contributed by atoms with van der Waals surface area (Å²) in [7, 11) is 0. The van der Waals surface area contributed by atoms with Gasteiger partial charge >= 0.3 is 0 Å². The first-order valence-electron chi connectivity index (χ1n) is 7.17. The van der Waals surface area contributed by atoms with Crippen LogP contribution in [0.4, 0.5) is 11.4 Å². The summed E-state index contributed by atoms with van der Waals surface area (Å²) in [6, 6.07) is 9.90. The predicted octanol–water partition coefficient (Wildman–Crippen LogP) is 4.03. The molecule has 1 heterocycles. The number of rotatable bonds is 2. The number of amides is 2. The van der Waals surface area contributed by atoms with E-state index in [9.17, 15) is 9.59 Å². The van der Waals surface area contributed by atoms with E-state index in [0.29, 0.717) is 27.2 Å². The molecule has 7 heteroatoms. The monoisotopic (exact) mass is 364 g/mol. The van der Waals surface area contributed by atoms with Gasteiger partial charge in [0.1, 0.15) is 5.75 Å². The van der Waals surface area contributed by atoms with Crippen LogP contribution >= 0.6 is 23.2 Å². The molecule has 2 aromatic carbocycles. The van der Waals surface area contributed by atoms with Crippen LogP contribution in [0.2, 0.25) is 10.0 Å². The molecule has 24 heavy (non-hydrogen) atoms. The summed E-state index contributed by atoms with van der Waals surface area (Å²) in [5.41, 5.74) is 0.0544. The summed E-state index contributed by atoms with van der Waals surface area (Å²) in [6.07, 6.45) is 0. The third kappa shape index (κ3) is 2.92. The van der Waals surface area contributed by atoms with E-state index in [1.54, 1.807) is 36.4 Å². The van der Waals surface area contributed by atoms with E-state index in [1.807, 2.05) is 6.92 Å². The normalized spacial score (nSPS) is 19.1. The van der Waals surface area contributed by atoms with Crippen molar-refractivity contribution in [1.29, 1.82) is 0 Å². The van der Waals surface area contributed by atoms with Crippen molar-refractivity contribution in [3.05, 3.63) is 52.0 Å². The number of aryl methyl sites for hydroxylation is 1. The van der Waals surface area contributed by atoms with Crippen LogP contribution in [0.1, 0.15) is 12.5 Å². The van der Waals surface area contributed by atoms with Gasteiger partial charge in [-0.1, -0.05) is 29.3 Å². The number of hydrogen-bond donors (Lipinski definition) is 2. The fraction of sp³-hybridized carbons (Fsp3) is 0.176. The molecule has 1 atom stereocenters. The SMILES string of the molecule is Cc1ccc(Cl)cc1NC(=O)C1(C)Oc2ccc(Cl)cc2NC1=O. The first kappa shape index (κ1) is 16.6. The molecule has 2 N–H and O–H groups in total. The molecule has 1 aliphatic heterocycles. The van der Waals surface area contributed by atoms with Gasteiger partial charge in [-0.25, -0.2) is 0 Å². The van der Waals surface area contributed by atoms with Crippen molar-refractivity contribution in [2.75, 3.05) is 10.6 Å². The van der Waals surface area contributed by atoms with Gasteiger partial charge in [0.05, 0.1) is 5.69 Å². The minimum absolute atomic E-state index is 0.375. The summed E-state index contributed by atoms with van der Waals surface area (Å²) < 4.78 is 5.68. The molecule has 5 nitrogen and oxygen atoms in total. The molecule has 0 saturated heterocycles. The molecular formula is C17H14Cl2N2O3. The van der Waals surface area contributed by atoms with Crippen LogP contribution < -0.4 is 15.4 Å². The molecule has 0 aromatic heterocycles. The number of fused-ring (bicyclic) bond motifs is 1. The largest absolute Gasteiger partial charge is 0.466 e. The Morgan fingerprint density at radius 3 is 2.58 bits per heavy atom. The maximum Gasteiger partial charge on any atom is 0.278 e. The second kappa shape index (κ2) is 6.00. The number of anilines is 2. The minimum atomic E-state index is -1.71. The average molecular weight is 365 g/mol. The molecule has 3 rings (SSSR count). The topological polar surface area (TPSA) is 67.4 Å². The van der Waals surface area contributed by atoms with Gasteiger partial charge in [-0.3, -0.25) is 9.59 Å². The van der Waals surface area contributed by atoms with Crippen LogP contribution in [-0.2, 0) is 9.59 Å². The van der Waals surface area contributed by atoms with E-state index >= 15 is 0 Å². The second-order valence-electron chi connectivity index (χ2n) is 5.64. The van der Waals surface area contributed by atoms with E-state index in [4.69, 9.17) is 27.9 Å². The lowest BCUT2D eigenvalue weighted by atomic mass is 10.0. The molecule has 0 spiro atoms. The van der Waals surface area contributed by atoms with Crippen molar-refractivity contribution in [2.45, 2.75) is 19.4 Å². The third-order valence-electron chi connectivity index (χ3n) is 3.82. The first-order valence-corrected chi connectivity index (χ1v) is 7.93. The van der Waals surface area contributed by atoms with Crippen LogP contribution in [0.25, 0.3) is 0 Å². The van der Waals surface area contributed by atoms with Crippen molar-refractivity contribution in [1.82, 2.24) is 0 Å². The fourth-order valence-electron chi connectivity index (χ4n) is 2.32. The molecule has 2 aromatic rings. The lowest BCUT2D eigenvalue weighted by Gasteiger charge is -2.33. The molecule has 0 aliphatic carbocycles. The van der Waals surface area contributed by atoms with Gasteiger partial charge in [0.25, 0.3) is 17.4 Å². The Labute approximate surface area is 148 Å². The zero-order valence-electron chi connectivity index (χ0n) is 12.9. The Kier molecular flexibility index (Phi) is 4.15. The summed E-state index contributed by atoms with van der Waals surface area (Å²) in [4.78, 5) is 25.1. The molecule has 1 unspecified atom stereocenters. The molecule has 0 saturated carbocycles. The number of carbonyl (C=O) groups excluding carboxylic acids is 2. The van der Waals surface area contributed by atoms with Crippen LogP contribution in [0, 0.1) is 6.92 Å². The van der Waals surface area contributed by atoms with Gasteiger partial charge in [0.2, 0.25) is 0 Å². The highest BCUT2D eigenvalue weighted by Crippen LogP contribution is 2.36. The van der Waals surface area contributed by atoms with Crippen LogP contribution in [-0.4, -0.2) is 17.4 Å². The van der Waals surface area contributed by atoms with Gasteiger partial charge in [-0.05, 0) is 49.7 Å². The molecule has 124 valence electrons. The smallest absolute Gasteiger partial charge is 0.278 e. The standard InChI is InChI=1S/C17H14Cl2N2O3/c1-9-3-4-10(18)7-12(9)20-15(22)17(2)16(23)21-13-8-11(19)5-6-14(13)24-17/h3-8H,1-2H3,(H,20,22)(H,21,23). The van der Waals surface area contributed by atoms with Gasteiger partial charge in [-0.2, -0.15) is 0 Å². The van der Waals surface area contributed by atoms with Crippen LogP contribution in [0.15, 0.2) is 36.4 Å². The number of halogens is 2. The van der Waals surface area contributed by atoms with Crippen molar-refractivity contribution >= 4 is 46.4 Å². The third-order valence-corrected chi connectivity index (χ3v) is 4.29. The van der Waals surface area contributed by atoms with Gasteiger partial charge in [-0.15, -0.1) is 0 Å². The molecule has 0 radical (unpaired) electrons. The number of ether oxygens (including phenoxy) is 1. The number of hydrogen-bond acceptors (Lipinski definition) is 3.